The Labute approximate surface area is 142 Å². The van der Waals surface area contributed by atoms with Crippen molar-refractivity contribution < 1.29 is 14.4 Å². The molecule has 0 aromatic heterocycles. The summed E-state index contributed by atoms with van der Waals surface area (Å²) in [4.78, 5) is 41.6. The van der Waals surface area contributed by atoms with Gasteiger partial charge in [-0.3, -0.25) is 14.4 Å². The van der Waals surface area contributed by atoms with Gasteiger partial charge in [-0.25, -0.2) is 0 Å². The summed E-state index contributed by atoms with van der Waals surface area (Å²) in [6, 6.07) is 9.47. The fourth-order valence-corrected chi connectivity index (χ4v) is 3.24. The molecular formula is C18H23N3O3. The van der Waals surface area contributed by atoms with E-state index in [2.05, 4.69) is 0 Å². The molecule has 6 heteroatoms. The van der Waals surface area contributed by atoms with Gasteiger partial charge in [0.25, 0.3) is 0 Å². The third kappa shape index (κ3) is 3.27. The smallest absolute Gasteiger partial charge is 0.230 e. The summed E-state index contributed by atoms with van der Waals surface area (Å²) in [6.07, 6.45) is 0.627. The highest BCUT2D eigenvalue weighted by Gasteiger charge is 2.50. The highest BCUT2D eigenvalue weighted by molar-refractivity contribution is 6.00. The van der Waals surface area contributed by atoms with E-state index in [1.54, 1.807) is 28.7 Å². The Kier molecular flexibility index (Phi) is 4.55. The van der Waals surface area contributed by atoms with E-state index in [1.165, 1.54) is 0 Å². The van der Waals surface area contributed by atoms with E-state index in [0.717, 1.165) is 5.69 Å². The summed E-state index contributed by atoms with van der Waals surface area (Å²) in [5.74, 6) is -0.313. The molecule has 3 rings (SSSR count). The highest BCUT2D eigenvalue weighted by atomic mass is 16.2. The number of carbonyl (C=O) groups is 3. The maximum atomic E-state index is 12.6. The maximum Gasteiger partial charge on any atom is 0.230 e. The molecule has 128 valence electrons. The average molecular weight is 329 g/mol. The van der Waals surface area contributed by atoms with E-state index in [-0.39, 0.29) is 29.6 Å². The topological polar surface area (TPSA) is 60.9 Å². The van der Waals surface area contributed by atoms with Crippen molar-refractivity contribution in [3.63, 3.8) is 0 Å². The molecule has 0 spiro atoms. The lowest BCUT2D eigenvalue weighted by Crippen LogP contribution is -2.50. The Balaban J connectivity index is 1.54. The number of rotatable bonds is 3. The van der Waals surface area contributed by atoms with Crippen molar-refractivity contribution in [2.24, 2.45) is 11.8 Å². The van der Waals surface area contributed by atoms with Crippen LogP contribution in [-0.4, -0.2) is 60.7 Å². The van der Waals surface area contributed by atoms with Crippen LogP contribution >= 0.6 is 0 Å². The second-order valence-corrected chi connectivity index (χ2v) is 6.51. The molecule has 2 unspecified atom stereocenters. The van der Waals surface area contributed by atoms with Gasteiger partial charge in [-0.05, 0) is 18.6 Å². The van der Waals surface area contributed by atoms with Crippen LogP contribution in [0.25, 0.3) is 0 Å². The first-order chi connectivity index (χ1) is 11.5. The standard InChI is InChI=1S/C18H23N3O3/c1-13(22)20-8-10-21(11-9-20)18(24)16-12-15(16)17(23)19(2)14-6-4-3-5-7-14/h3-7,15-16H,8-12H2,1-2H3. The van der Waals surface area contributed by atoms with Crippen LogP contribution in [0.15, 0.2) is 30.3 Å². The van der Waals surface area contributed by atoms with Crippen molar-refractivity contribution in [2.45, 2.75) is 13.3 Å². The molecule has 2 fully saturated rings. The number of benzene rings is 1. The van der Waals surface area contributed by atoms with Crippen LogP contribution in [0.4, 0.5) is 5.69 Å². The lowest BCUT2D eigenvalue weighted by molar-refractivity contribution is -0.140. The zero-order valence-corrected chi connectivity index (χ0v) is 14.1. The molecule has 3 amide bonds. The number of nitrogens with zero attached hydrogens (tertiary/aromatic N) is 3. The van der Waals surface area contributed by atoms with Crippen molar-refractivity contribution in [3.8, 4) is 0 Å². The first-order valence-corrected chi connectivity index (χ1v) is 8.36. The molecule has 1 aliphatic heterocycles. The summed E-state index contributed by atoms with van der Waals surface area (Å²) in [6.45, 7) is 3.83. The normalized spacial score (nSPS) is 22.9. The summed E-state index contributed by atoms with van der Waals surface area (Å²) in [7, 11) is 1.75. The lowest BCUT2D eigenvalue weighted by atomic mass is 10.2. The fraction of sp³-hybridized carbons (Fsp3) is 0.500. The van der Waals surface area contributed by atoms with Gasteiger partial charge >= 0.3 is 0 Å². The Morgan fingerprint density at radius 3 is 2.12 bits per heavy atom. The van der Waals surface area contributed by atoms with Crippen LogP contribution in [0.1, 0.15) is 13.3 Å². The van der Waals surface area contributed by atoms with Gasteiger partial charge in [0.1, 0.15) is 0 Å². The molecule has 0 N–H and O–H groups in total. The molecule has 0 radical (unpaired) electrons. The number of anilines is 1. The van der Waals surface area contributed by atoms with E-state index >= 15 is 0 Å². The Morgan fingerprint density at radius 2 is 1.54 bits per heavy atom. The lowest BCUT2D eigenvalue weighted by Gasteiger charge is -2.34. The molecule has 24 heavy (non-hydrogen) atoms. The van der Waals surface area contributed by atoms with Gasteiger partial charge in [0, 0.05) is 45.8 Å². The minimum absolute atomic E-state index is 0.00178. The van der Waals surface area contributed by atoms with Crippen molar-refractivity contribution in [3.05, 3.63) is 30.3 Å². The number of carbonyl (C=O) groups excluding carboxylic acids is 3. The van der Waals surface area contributed by atoms with Gasteiger partial charge in [-0.1, -0.05) is 18.2 Å². The summed E-state index contributed by atoms with van der Waals surface area (Å²) in [5.41, 5.74) is 0.843. The SMILES string of the molecule is CC(=O)N1CCN(C(=O)C2CC2C(=O)N(C)c2ccccc2)CC1. The first kappa shape index (κ1) is 16.5. The summed E-state index contributed by atoms with van der Waals surface area (Å²) >= 11 is 0. The quantitative estimate of drug-likeness (QED) is 0.830. The van der Waals surface area contributed by atoms with Gasteiger partial charge in [0.05, 0.1) is 11.8 Å². The van der Waals surface area contributed by atoms with E-state index in [9.17, 15) is 14.4 Å². The molecular weight excluding hydrogens is 306 g/mol. The molecule has 2 atom stereocenters. The monoisotopic (exact) mass is 329 g/mol. The number of hydrogen-bond acceptors (Lipinski definition) is 3. The van der Waals surface area contributed by atoms with Gasteiger partial charge in [0.2, 0.25) is 17.7 Å². The van der Waals surface area contributed by atoms with Gasteiger partial charge in [-0.15, -0.1) is 0 Å². The van der Waals surface area contributed by atoms with Crippen molar-refractivity contribution in [1.82, 2.24) is 9.80 Å². The zero-order valence-electron chi connectivity index (χ0n) is 14.1. The van der Waals surface area contributed by atoms with Crippen LogP contribution in [0.5, 0.6) is 0 Å². The second-order valence-electron chi connectivity index (χ2n) is 6.51. The largest absolute Gasteiger partial charge is 0.339 e. The predicted octanol–water partition coefficient (Wildman–Crippen LogP) is 0.976. The fourth-order valence-electron chi connectivity index (χ4n) is 3.24. The van der Waals surface area contributed by atoms with Crippen molar-refractivity contribution in [1.29, 1.82) is 0 Å². The molecule has 0 bridgehead atoms. The molecule has 1 aromatic carbocycles. The third-order valence-corrected chi connectivity index (χ3v) is 4.94. The van der Waals surface area contributed by atoms with Gasteiger partial charge < -0.3 is 14.7 Å². The Morgan fingerprint density at radius 1 is 0.958 bits per heavy atom. The molecule has 6 nitrogen and oxygen atoms in total. The highest BCUT2D eigenvalue weighted by Crippen LogP contribution is 2.42. The Hall–Kier alpha value is -2.37. The maximum absolute atomic E-state index is 12.6. The summed E-state index contributed by atoms with van der Waals surface area (Å²) in [5, 5.41) is 0. The number of para-hydroxylation sites is 1. The number of hydrogen-bond donors (Lipinski definition) is 0. The molecule has 1 aliphatic carbocycles. The van der Waals surface area contributed by atoms with E-state index in [1.807, 2.05) is 30.3 Å². The molecule has 1 aromatic rings. The predicted molar refractivity (Wildman–Crippen MR) is 90.3 cm³/mol. The Bertz CT molecular complexity index is 638. The third-order valence-electron chi connectivity index (χ3n) is 4.94. The minimum atomic E-state index is -0.214. The van der Waals surface area contributed by atoms with Crippen LogP contribution in [0.3, 0.4) is 0 Å². The van der Waals surface area contributed by atoms with Crippen LogP contribution < -0.4 is 4.90 Å². The van der Waals surface area contributed by atoms with Crippen molar-refractivity contribution in [2.75, 3.05) is 38.1 Å². The molecule has 1 saturated heterocycles. The van der Waals surface area contributed by atoms with E-state index < -0.39 is 0 Å². The zero-order chi connectivity index (χ0) is 17.3. The molecule has 1 saturated carbocycles. The average Bonchev–Trinajstić information content (AvgIpc) is 3.41. The van der Waals surface area contributed by atoms with Crippen LogP contribution in [0, 0.1) is 11.8 Å². The summed E-state index contributed by atoms with van der Waals surface area (Å²) < 4.78 is 0. The second kappa shape index (κ2) is 6.63. The number of piperazine rings is 1. The van der Waals surface area contributed by atoms with Gasteiger partial charge in [-0.2, -0.15) is 0 Å². The number of amides is 3. The molecule has 2 aliphatic rings. The van der Waals surface area contributed by atoms with E-state index in [4.69, 9.17) is 0 Å². The van der Waals surface area contributed by atoms with Gasteiger partial charge in [0.15, 0.2) is 0 Å². The molecule has 1 heterocycles. The minimum Gasteiger partial charge on any atom is -0.339 e. The van der Waals surface area contributed by atoms with Crippen LogP contribution in [0.2, 0.25) is 0 Å². The van der Waals surface area contributed by atoms with Crippen molar-refractivity contribution >= 4 is 23.4 Å². The van der Waals surface area contributed by atoms with Crippen LogP contribution in [-0.2, 0) is 14.4 Å². The van der Waals surface area contributed by atoms with E-state index in [0.29, 0.717) is 32.6 Å². The first-order valence-electron chi connectivity index (χ1n) is 8.36.